The summed E-state index contributed by atoms with van der Waals surface area (Å²) in [5.74, 6) is 0.902. The molecule has 0 spiro atoms. The van der Waals surface area contributed by atoms with E-state index in [4.69, 9.17) is 0 Å². The van der Waals surface area contributed by atoms with Crippen LogP contribution in [0, 0.1) is 5.92 Å². The molecule has 1 aliphatic heterocycles. The van der Waals surface area contributed by atoms with Gasteiger partial charge in [0, 0.05) is 18.1 Å². The van der Waals surface area contributed by atoms with Crippen molar-refractivity contribution in [2.75, 3.05) is 13.1 Å². The summed E-state index contributed by atoms with van der Waals surface area (Å²) in [7, 11) is 0. The van der Waals surface area contributed by atoms with Crippen LogP contribution in [0.25, 0.3) is 0 Å². The van der Waals surface area contributed by atoms with Crippen LogP contribution in [0.2, 0.25) is 0 Å². The number of rotatable bonds is 3. The van der Waals surface area contributed by atoms with Gasteiger partial charge in [-0.05, 0) is 51.6 Å². The molecule has 16 heavy (non-hydrogen) atoms. The third-order valence-corrected chi connectivity index (χ3v) is 4.73. The number of hydrogen-bond donors (Lipinski definition) is 1. The molecule has 2 aliphatic rings. The standard InChI is InChI=1S/C14H28N2/c1-4-16-9-8-13(10-12(16)3)15-14-7-5-6-11(14)2/h11-15H,4-10H2,1-3H3. The summed E-state index contributed by atoms with van der Waals surface area (Å²) in [6.45, 7) is 9.58. The Labute approximate surface area is 101 Å². The molecule has 1 heterocycles. The zero-order valence-electron chi connectivity index (χ0n) is 11.2. The highest BCUT2D eigenvalue weighted by atomic mass is 15.2. The van der Waals surface area contributed by atoms with Gasteiger partial charge in [0.1, 0.15) is 0 Å². The van der Waals surface area contributed by atoms with Crippen molar-refractivity contribution in [1.29, 1.82) is 0 Å². The molecule has 0 aromatic heterocycles. The highest BCUT2D eigenvalue weighted by molar-refractivity contribution is 4.88. The van der Waals surface area contributed by atoms with Gasteiger partial charge in [0.25, 0.3) is 0 Å². The summed E-state index contributed by atoms with van der Waals surface area (Å²) in [6, 6.07) is 2.36. The fraction of sp³-hybridized carbons (Fsp3) is 1.00. The minimum Gasteiger partial charge on any atom is -0.311 e. The lowest BCUT2D eigenvalue weighted by Crippen LogP contribution is -2.50. The number of piperidine rings is 1. The zero-order chi connectivity index (χ0) is 11.5. The zero-order valence-corrected chi connectivity index (χ0v) is 11.2. The normalized spacial score (nSPS) is 41.4. The number of nitrogens with zero attached hydrogens (tertiary/aromatic N) is 1. The van der Waals surface area contributed by atoms with Gasteiger partial charge in [-0.2, -0.15) is 0 Å². The SMILES string of the molecule is CCN1CCC(NC2CCCC2C)CC1C. The van der Waals surface area contributed by atoms with Crippen LogP contribution < -0.4 is 5.32 Å². The number of nitrogens with one attached hydrogen (secondary N) is 1. The van der Waals surface area contributed by atoms with Gasteiger partial charge in [-0.15, -0.1) is 0 Å². The van der Waals surface area contributed by atoms with Crippen molar-refractivity contribution in [3.63, 3.8) is 0 Å². The summed E-state index contributed by atoms with van der Waals surface area (Å²) < 4.78 is 0. The van der Waals surface area contributed by atoms with E-state index in [2.05, 4.69) is 31.0 Å². The van der Waals surface area contributed by atoms with Crippen LogP contribution in [-0.4, -0.2) is 36.1 Å². The Hall–Kier alpha value is -0.0800. The van der Waals surface area contributed by atoms with Crippen molar-refractivity contribution >= 4 is 0 Å². The third-order valence-electron chi connectivity index (χ3n) is 4.73. The van der Waals surface area contributed by atoms with Gasteiger partial charge in [0.15, 0.2) is 0 Å². The van der Waals surface area contributed by atoms with Crippen molar-refractivity contribution in [3.05, 3.63) is 0 Å². The fourth-order valence-electron chi connectivity index (χ4n) is 3.54. The van der Waals surface area contributed by atoms with Crippen LogP contribution >= 0.6 is 0 Å². The molecule has 0 aromatic carbocycles. The molecule has 94 valence electrons. The highest BCUT2D eigenvalue weighted by Crippen LogP contribution is 2.27. The Kier molecular flexibility index (Phi) is 4.26. The van der Waals surface area contributed by atoms with E-state index in [1.165, 1.54) is 45.2 Å². The number of likely N-dealkylation sites (tertiary alicyclic amines) is 1. The van der Waals surface area contributed by atoms with Gasteiger partial charge in [-0.1, -0.05) is 20.3 Å². The molecule has 2 nitrogen and oxygen atoms in total. The van der Waals surface area contributed by atoms with Gasteiger partial charge in [-0.3, -0.25) is 0 Å². The molecule has 1 saturated carbocycles. The van der Waals surface area contributed by atoms with E-state index in [1.54, 1.807) is 0 Å². The molecule has 4 atom stereocenters. The van der Waals surface area contributed by atoms with Crippen LogP contribution in [0.15, 0.2) is 0 Å². The van der Waals surface area contributed by atoms with Gasteiger partial charge in [0.2, 0.25) is 0 Å². The lowest BCUT2D eigenvalue weighted by Gasteiger charge is -2.39. The van der Waals surface area contributed by atoms with Crippen molar-refractivity contribution in [2.24, 2.45) is 5.92 Å². The molecule has 2 fully saturated rings. The summed E-state index contributed by atoms with van der Waals surface area (Å²) >= 11 is 0. The third kappa shape index (κ3) is 2.78. The van der Waals surface area contributed by atoms with Crippen LogP contribution in [0.3, 0.4) is 0 Å². The van der Waals surface area contributed by atoms with Gasteiger partial charge in [-0.25, -0.2) is 0 Å². The first-order valence-corrected chi connectivity index (χ1v) is 7.20. The van der Waals surface area contributed by atoms with Crippen LogP contribution in [0.5, 0.6) is 0 Å². The highest BCUT2D eigenvalue weighted by Gasteiger charge is 2.29. The average molecular weight is 224 g/mol. The molecule has 0 aromatic rings. The molecule has 0 amide bonds. The van der Waals surface area contributed by atoms with Crippen molar-refractivity contribution in [3.8, 4) is 0 Å². The van der Waals surface area contributed by atoms with E-state index >= 15 is 0 Å². The Bertz CT molecular complexity index is 217. The van der Waals surface area contributed by atoms with Crippen molar-refractivity contribution < 1.29 is 0 Å². The summed E-state index contributed by atoms with van der Waals surface area (Å²) in [5, 5.41) is 3.92. The minimum atomic E-state index is 0.771. The molecule has 2 heteroatoms. The molecule has 0 radical (unpaired) electrons. The van der Waals surface area contributed by atoms with E-state index in [-0.39, 0.29) is 0 Å². The second-order valence-corrected chi connectivity index (χ2v) is 5.88. The first-order chi connectivity index (χ1) is 7.70. The average Bonchev–Trinajstić information content (AvgIpc) is 2.65. The lowest BCUT2D eigenvalue weighted by molar-refractivity contribution is 0.135. The Morgan fingerprint density at radius 3 is 2.56 bits per heavy atom. The molecule has 2 rings (SSSR count). The lowest BCUT2D eigenvalue weighted by atomic mass is 9.96. The smallest absolute Gasteiger partial charge is 0.00967 e. The van der Waals surface area contributed by atoms with Crippen molar-refractivity contribution in [2.45, 2.75) is 71.0 Å². The first-order valence-electron chi connectivity index (χ1n) is 7.20. The van der Waals surface area contributed by atoms with Gasteiger partial charge >= 0.3 is 0 Å². The van der Waals surface area contributed by atoms with E-state index in [0.717, 1.165) is 24.0 Å². The van der Waals surface area contributed by atoms with E-state index < -0.39 is 0 Å². The number of hydrogen-bond acceptors (Lipinski definition) is 2. The predicted octanol–water partition coefficient (Wildman–Crippen LogP) is 2.64. The van der Waals surface area contributed by atoms with E-state index in [9.17, 15) is 0 Å². The molecule has 1 N–H and O–H groups in total. The van der Waals surface area contributed by atoms with Gasteiger partial charge < -0.3 is 10.2 Å². The molecule has 0 bridgehead atoms. The summed E-state index contributed by atoms with van der Waals surface area (Å²) in [5.41, 5.74) is 0. The van der Waals surface area contributed by atoms with Crippen LogP contribution in [-0.2, 0) is 0 Å². The second kappa shape index (κ2) is 5.50. The minimum absolute atomic E-state index is 0.771. The second-order valence-electron chi connectivity index (χ2n) is 5.88. The van der Waals surface area contributed by atoms with Crippen molar-refractivity contribution in [1.82, 2.24) is 10.2 Å². The summed E-state index contributed by atoms with van der Waals surface area (Å²) in [4.78, 5) is 2.61. The van der Waals surface area contributed by atoms with Crippen LogP contribution in [0.1, 0.15) is 52.9 Å². The maximum atomic E-state index is 3.92. The van der Waals surface area contributed by atoms with E-state index in [0.29, 0.717) is 0 Å². The fourth-order valence-corrected chi connectivity index (χ4v) is 3.54. The summed E-state index contributed by atoms with van der Waals surface area (Å²) in [6.07, 6.45) is 6.96. The Morgan fingerprint density at radius 1 is 1.19 bits per heavy atom. The molecular weight excluding hydrogens is 196 g/mol. The molecule has 1 aliphatic carbocycles. The quantitative estimate of drug-likeness (QED) is 0.793. The Balaban J connectivity index is 1.79. The largest absolute Gasteiger partial charge is 0.311 e. The topological polar surface area (TPSA) is 15.3 Å². The van der Waals surface area contributed by atoms with Gasteiger partial charge in [0.05, 0.1) is 0 Å². The molecule has 4 unspecified atom stereocenters. The first kappa shape index (κ1) is 12.4. The maximum absolute atomic E-state index is 3.92. The predicted molar refractivity (Wildman–Crippen MR) is 69.7 cm³/mol. The monoisotopic (exact) mass is 224 g/mol. The molecule has 1 saturated heterocycles. The molecular formula is C14H28N2. The van der Waals surface area contributed by atoms with Crippen LogP contribution in [0.4, 0.5) is 0 Å². The maximum Gasteiger partial charge on any atom is 0.00967 e. The van der Waals surface area contributed by atoms with E-state index in [1.807, 2.05) is 0 Å². The Morgan fingerprint density at radius 2 is 2.00 bits per heavy atom.